The zero-order chi connectivity index (χ0) is 8.69. The van der Waals surface area contributed by atoms with Crippen LogP contribution in [0, 0.1) is 11.3 Å². The standard InChI is InChI=1S/C8H15NO2/c1-3-7(4-5-11-2)8(9)6-10/h4-5,7,9-10H,3,6H2,1-2H3/b5-4-,9-8?. The molecule has 0 aliphatic carbocycles. The maximum absolute atomic E-state index is 8.64. The third-order valence-corrected chi connectivity index (χ3v) is 1.50. The summed E-state index contributed by atoms with van der Waals surface area (Å²) in [4.78, 5) is 0. The maximum Gasteiger partial charge on any atom is 0.0812 e. The Labute approximate surface area is 67.2 Å². The van der Waals surface area contributed by atoms with Crippen molar-refractivity contribution in [2.24, 2.45) is 5.92 Å². The van der Waals surface area contributed by atoms with Crippen LogP contribution in [0.25, 0.3) is 0 Å². The van der Waals surface area contributed by atoms with Gasteiger partial charge in [0.2, 0.25) is 0 Å². The Morgan fingerprint density at radius 2 is 2.36 bits per heavy atom. The number of aliphatic hydroxyl groups excluding tert-OH is 1. The number of ether oxygens (including phenoxy) is 1. The Morgan fingerprint density at radius 3 is 2.73 bits per heavy atom. The molecule has 0 saturated heterocycles. The van der Waals surface area contributed by atoms with E-state index in [1.54, 1.807) is 19.4 Å². The zero-order valence-corrected chi connectivity index (χ0v) is 7.00. The first kappa shape index (κ1) is 10.2. The number of hydrogen-bond acceptors (Lipinski definition) is 3. The van der Waals surface area contributed by atoms with Gasteiger partial charge in [-0.05, 0) is 12.5 Å². The van der Waals surface area contributed by atoms with Gasteiger partial charge in [0.05, 0.1) is 20.0 Å². The average molecular weight is 157 g/mol. The molecule has 0 aromatic rings. The molecule has 0 rings (SSSR count). The predicted molar refractivity (Wildman–Crippen MR) is 44.7 cm³/mol. The lowest BCUT2D eigenvalue weighted by Crippen LogP contribution is -2.14. The second-order valence-electron chi connectivity index (χ2n) is 2.26. The Hall–Kier alpha value is -0.830. The van der Waals surface area contributed by atoms with Crippen LogP contribution >= 0.6 is 0 Å². The molecular weight excluding hydrogens is 142 g/mol. The highest BCUT2D eigenvalue weighted by Crippen LogP contribution is 2.05. The van der Waals surface area contributed by atoms with Gasteiger partial charge in [-0.1, -0.05) is 6.92 Å². The Morgan fingerprint density at radius 1 is 1.73 bits per heavy atom. The number of methoxy groups -OCH3 is 1. The molecule has 3 heteroatoms. The highest BCUT2D eigenvalue weighted by Gasteiger charge is 2.06. The summed E-state index contributed by atoms with van der Waals surface area (Å²) in [5, 5.41) is 16.0. The summed E-state index contributed by atoms with van der Waals surface area (Å²) in [7, 11) is 1.56. The van der Waals surface area contributed by atoms with E-state index in [2.05, 4.69) is 0 Å². The molecule has 0 bridgehead atoms. The second-order valence-corrected chi connectivity index (χ2v) is 2.26. The van der Waals surface area contributed by atoms with E-state index in [-0.39, 0.29) is 12.5 Å². The van der Waals surface area contributed by atoms with Crippen LogP contribution in [0.3, 0.4) is 0 Å². The number of rotatable bonds is 5. The molecule has 2 N–H and O–H groups in total. The van der Waals surface area contributed by atoms with Gasteiger partial charge in [0, 0.05) is 11.6 Å². The van der Waals surface area contributed by atoms with Gasteiger partial charge in [-0.15, -0.1) is 0 Å². The van der Waals surface area contributed by atoms with Gasteiger partial charge in [-0.2, -0.15) is 0 Å². The zero-order valence-electron chi connectivity index (χ0n) is 7.00. The highest BCUT2D eigenvalue weighted by atomic mass is 16.5. The Kier molecular flexibility index (Phi) is 5.47. The summed E-state index contributed by atoms with van der Waals surface area (Å²) in [6.45, 7) is 1.79. The first-order valence-electron chi connectivity index (χ1n) is 3.63. The molecule has 1 unspecified atom stereocenters. The van der Waals surface area contributed by atoms with Gasteiger partial charge in [0.25, 0.3) is 0 Å². The van der Waals surface area contributed by atoms with Gasteiger partial charge in [0.1, 0.15) is 0 Å². The summed E-state index contributed by atoms with van der Waals surface area (Å²) >= 11 is 0. The van der Waals surface area contributed by atoms with Crippen molar-refractivity contribution in [3.63, 3.8) is 0 Å². The van der Waals surface area contributed by atoms with E-state index in [0.717, 1.165) is 6.42 Å². The van der Waals surface area contributed by atoms with Crippen LogP contribution in [0.15, 0.2) is 12.3 Å². The van der Waals surface area contributed by atoms with Crippen molar-refractivity contribution in [3.8, 4) is 0 Å². The summed E-state index contributed by atoms with van der Waals surface area (Å²) in [5.41, 5.74) is 0.334. The van der Waals surface area contributed by atoms with E-state index < -0.39 is 0 Å². The molecule has 0 aromatic carbocycles. The van der Waals surface area contributed by atoms with Crippen LogP contribution in [-0.2, 0) is 4.74 Å². The van der Waals surface area contributed by atoms with E-state index >= 15 is 0 Å². The first-order chi connectivity index (χ1) is 5.26. The van der Waals surface area contributed by atoms with Crippen LogP contribution in [0.5, 0.6) is 0 Å². The topological polar surface area (TPSA) is 53.3 Å². The van der Waals surface area contributed by atoms with Gasteiger partial charge in [0.15, 0.2) is 0 Å². The molecule has 3 nitrogen and oxygen atoms in total. The quantitative estimate of drug-likeness (QED) is 0.465. The lowest BCUT2D eigenvalue weighted by molar-refractivity contribution is 0.333. The first-order valence-corrected chi connectivity index (χ1v) is 3.63. The fraction of sp³-hybridized carbons (Fsp3) is 0.625. The van der Waals surface area contributed by atoms with E-state index in [4.69, 9.17) is 15.3 Å². The minimum atomic E-state index is -0.174. The molecule has 1 atom stereocenters. The Balaban J connectivity index is 3.94. The van der Waals surface area contributed by atoms with Gasteiger partial charge in [-0.3, -0.25) is 0 Å². The molecule has 0 aliphatic heterocycles. The minimum Gasteiger partial charge on any atom is -0.505 e. The molecule has 0 fully saturated rings. The molecule has 0 aromatic heterocycles. The highest BCUT2D eigenvalue weighted by molar-refractivity contribution is 5.86. The van der Waals surface area contributed by atoms with Crippen molar-refractivity contribution in [2.45, 2.75) is 13.3 Å². The molecule has 11 heavy (non-hydrogen) atoms. The molecule has 0 heterocycles. The molecule has 64 valence electrons. The summed E-state index contributed by atoms with van der Waals surface area (Å²) in [6.07, 6.45) is 4.14. The molecule has 0 radical (unpaired) electrons. The third kappa shape index (κ3) is 3.78. The average Bonchev–Trinajstić information content (AvgIpc) is 2.05. The minimum absolute atomic E-state index is 0.0138. The third-order valence-electron chi connectivity index (χ3n) is 1.50. The van der Waals surface area contributed by atoms with Crippen molar-refractivity contribution in [1.29, 1.82) is 5.41 Å². The number of allylic oxidation sites excluding steroid dienone is 1. The van der Waals surface area contributed by atoms with Gasteiger partial charge < -0.3 is 15.3 Å². The van der Waals surface area contributed by atoms with Crippen LogP contribution < -0.4 is 0 Å². The van der Waals surface area contributed by atoms with Crippen LogP contribution in [0.2, 0.25) is 0 Å². The van der Waals surface area contributed by atoms with Crippen LogP contribution in [0.1, 0.15) is 13.3 Å². The van der Waals surface area contributed by atoms with Crippen molar-refractivity contribution in [3.05, 3.63) is 12.3 Å². The smallest absolute Gasteiger partial charge is 0.0812 e. The number of aliphatic hydroxyl groups is 1. The number of nitrogens with one attached hydrogen (secondary N) is 1. The fourth-order valence-corrected chi connectivity index (χ4v) is 0.789. The van der Waals surface area contributed by atoms with E-state index in [9.17, 15) is 0 Å². The van der Waals surface area contributed by atoms with E-state index in [1.165, 1.54) is 0 Å². The monoisotopic (exact) mass is 157 g/mol. The summed E-state index contributed by atoms with van der Waals surface area (Å²) < 4.78 is 4.71. The van der Waals surface area contributed by atoms with E-state index in [1.807, 2.05) is 6.92 Å². The molecular formula is C8H15NO2. The second kappa shape index (κ2) is 5.92. The van der Waals surface area contributed by atoms with Crippen LogP contribution in [-0.4, -0.2) is 24.5 Å². The largest absolute Gasteiger partial charge is 0.505 e. The predicted octanol–water partition coefficient (Wildman–Crippen LogP) is 1.18. The van der Waals surface area contributed by atoms with Gasteiger partial charge in [-0.25, -0.2) is 0 Å². The summed E-state index contributed by atoms with van der Waals surface area (Å²) in [5.74, 6) is 0.0138. The molecule has 0 spiro atoms. The molecule has 0 aliphatic rings. The van der Waals surface area contributed by atoms with E-state index in [0.29, 0.717) is 5.71 Å². The van der Waals surface area contributed by atoms with Crippen LogP contribution in [0.4, 0.5) is 0 Å². The van der Waals surface area contributed by atoms with Crippen molar-refractivity contribution in [1.82, 2.24) is 0 Å². The molecule has 0 amide bonds. The van der Waals surface area contributed by atoms with Crippen molar-refractivity contribution in [2.75, 3.05) is 13.7 Å². The van der Waals surface area contributed by atoms with Crippen molar-refractivity contribution < 1.29 is 9.84 Å². The number of hydrogen-bond donors (Lipinski definition) is 2. The Bertz CT molecular complexity index is 143. The lowest BCUT2D eigenvalue weighted by atomic mass is 10.0. The summed E-state index contributed by atoms with van der Waals surface area (Å²) in [6, 6.07) is 0. The lowest BCUT2D eigenvalue weighted by Gasteiger charge is -2.08. The van der Waals surface area contributed by atoms with Gasteiger partial charge >= 0.3 is 0 Å². The van der Waals surface area contributed by atoms with Crippen molar-refractivity contribution >= 4 is 5.71 Å². The fourth-order valence-electron chi connectivity index (χ4n) is 0.789. The molecule has 0 saturated carbocycles. The maximum atomic E-state index is 8.64. The normalized spacial score (nSPS) is 13.4. The SMILES string of the molecule is CCC(/C=C\OC)C(=N)CO.